The second-order valence-electron chi connectivity index (χ2n) is 3.04. The Bertz CT molecular complexity index is 79.9. The molecule has 0 aromatic heterocycles. The quantitative estimate of drug-likeness (QED) is 0.614. The van der Waals surface area contributed by atoms with Gasteiger partial charge < -0.3 is 21.9 Å². The zero-order chi connectivity index (χ0) is 11.2. The van der Waals surface area contributed by atoms with E-state index in [1.54, 1.807) is 0 Å². The molecule has 1 fully saturated rings. The van der Waals surface area contributed by atoms with E-state index in [2.05, 4.69) is 6.92 Å². The molecule has 0 spiro atoms. The molecule has 92 valence electrons. The molecule has 4 heteroatoms. The van der Waals surface area contributed by atoms with Gasteiger partial charge in [0.1, 0.15) is 0 Å². The average Bonchev–Trinajstić information content (AvgIpc) is 3.03. The summed E-state index contributed by atoms with van der Waals surface area (Å²) in [5.41, 5.74) is 0. The number of ether oxygens (including phenoxy) is 1. The van der Waals surface area contributed by atoms with E-state index in [1.807, 2.05) is 13.8 Å². The van der Waals surface area contributed by atoms with Gasteiger partial charge in [0.15, 0.2) is 0 Å². The Morgan fingerprint density at radius 1 is 1.20 bits per heavy atom. The van der Waals surface area contributed by atoms with E-state index in [-0.39, 0.29) is 26.2 Å². The summed E-state index contributed by atoms with van der Waals surface area (Å²) in [5, 5.41) is 15.8. The van der Waals surface area contributed by atoms with Crippen molar-refractivity contribution in [3.63, 3.8) is 0 Å². The minimum Gasteiger partial charge on any atom is -0.396 e. The van der Waals surface area contributed by atoms with Crippen LogP contribution in [-0.4, -0.2) is 36.1 Å². The van der Waals surface area contributed by atoms with Crippen LogP contribution in [0, 0.1) is 6.92 Å². The molecule has 15 heavy (non-hydrogen) atoms. The molecule has 1 aliphatic heterocycles. The van der Waals surface area contributed by atoms with Crippen LogP contribution >= 0.6 is 0 Å². The molecule has 0 aromatic rings. The van der Waals surface area contributed by atoms with Crippen LogP contribution in [0.5, 0.6) is 0 Å². The van der Waals surface area contributed by atoms with Crippen LogP contribution in [0.4, 0.5) is 0 Å². The predicted molar refractivity (Wildman–Crippen MR) is 59.1 cm³/mol. The van der Waals surface area contributed by atoms with Gasteiger partial charge in [-0.25, -0.2) is 0 Å². The third-order valence-electron chi connectivity index (χ3n) is 1.38. The minimum absolute atomic E-state index is 0. The number of epoxide rings is 1. The zero-order valence-corrected chi connectivity index (χ0v) is 12.5. The van der Waals surface area contributed by atoms with Crippen LogP contribution in [0.1, 0.15) is 39.5 Å². The Balaban J connectivity index is -0.000000145. The summed E-state index contributed by atoms with van der Waals surface area (Å²) in [7, 11) is 0. The van der Waals surface area contributed by atoms with Gasteiger partial charge in [-0.1, -0.05) is 20.3 Å². The first kappa shape index (κ1) is 21.1. The number of aliphatic hydroxyl groups is 2. The molecule has 0 bridgehead atoms. The van der Waals surface area contributed by atoms with Crippen molar-refractivity contribution in [1.29, 1.82) is 0 Å². The Morgan fingerprint density at radius 2 is 1.53 bits per heavy atom. The van der Waals surface area contributed by atoms with Crippen LogP contribution in [0.25, 0.3) is 0 Å². The summed E-state index contributed by atoms with van der Waals surface area (Å²) < 4.78 is 4.91. The van der Waals surface area contributed by atoms with Gasteiger partial charge in [0.05, 0.1) is 12.7 Å². The van der Waals surface area contributed by atoms with Gasteiger partial charge in [0.25, 0.3) is 0 Å². The third-order valence-corrected chi connectivity index (χ3v) is 1.38. The second kappa shape index (κ2) is 20.2. The second-order valence-corrected chi connectivity index (χ2v) is 3.04. The van der Waals surface area contributed by atoms with Crippen LogP contribution in [0.15, 0.2) is 0 Å². The van der Waals surface area contributed by atoms with Gasteiger partial charge in [-0.2, -0.15) is 6.42 Å². The molecule has 1 aliphatic rings. The first-order valence-corrected chi connectivity index (χ1v) is 5.39. The van der Waals surface area contributed by atoms with E-state index in [0.29, 0.717) is 19.3 Å². The van der Waals surface area contributed by atoms with Crippen LogP contribution in [-0.2, 0) is 30.9 Å². The Kier molecular flexibility index (Phi) is 28.4. The summed E-state index contributed by atoms with van der Waals surface area (Å²) in [4.78, 5) is 0. The van der Waals surface area contributed by atoms with Crippen molar-refractivity contribution in [2.24, 2.45) is 0 Å². The first-order valence-electron chi connectivity index (χ1n) is 5.39. The molecule has 1 unspecified atom stereocenters. The summed E-state index contributed by atoms with van der Waals surface area (Å²) >= 11 is 0. The van der Waals surface area contributed by atoms with Gasteiger partial charge in [-0.3, -0.25) is 0 Å². The molecule has 0 radical (unpaired) electrons. The van der Waals surface area contributed by atoms with Crippen molar-refractivity contribution in [1.82, 2.24) is 0 Å². The van der Waals surface area contributed by atoms with Crippen molar-refractivity contribution >= 4 is 0 Å². The maximum Gasteiger partial charge on any atom is 0.0785 e. The third kappa shape index (κ3) is 31.3. The average molecular weight is 297 g/mol. The van der Waals surface area contributed by atoms with Crippen molar-refractivity contribution in [3.05, 3.63) is 6.92 Å². The Hall–Kier alpha value is 0.763. The predicted octanol–water partition coefficient (Wildman–Crippen LogP) is 1.77. The normalized spacial score (nSPS) is 16.2. The van der Waals surface area contributed by atoms with Crippen molar-refractivity contribution < 1.29 is 41.2 Å². The maximum atomic E-state index is 7.88. The Labute approximate surface area is 113 Å². The smallest absolute Gasteiger partial charge is 0.0785 e. The number of hydrogen-bond acceptors (Lipinski definition) is 3. The zero-order valence-electron chi connectivity index (χ0n) is 10.0. The molecule has 2 N–H and O–H groups in total. The minimum atomic E-state index is 0. The fourth-order valence-electron chi connectivity index (χ4n) is 0.462. The summed E-state index contributed by atoms with van der Waals surface area (Å²) in [6.07, 6.45) is 4.51. The maximum absolute atomic E-state index is 7.88. The summed E-state index contributed by atoms with van der Waals surface area (Å²) in [6.45, 7) is 9.17. The molecule has 0 aromatic carbocycles. The molecule has 1 saturated heterocycles. The van der Waals surface area contributed by atoms with E-state index in [9.17, 15) is 0 Å². The molecule has 0 saturated carbocycles. The monoisotopic (exact) mass is 295 g/mol. The van der Waals surface area contributed by atoms with E-state index in [1.165, 1.54) is 0 Å². The molecular formula is C11H25O3Zr-. The molecule has 1 rings (SSSR count). The number of hydrogen-bond donors (Lipinski definition) is 2. The van der Waals surface area contributed by atoms with Crippen molar-refractivity contribution in [2.45, 2.75) is 45.6 Å². The molecule has 0 aliphatic carbocycles. The molecule has 1 heterocycles. The Morgan fingerprint density at radius 3 is 1.60 bits per heavy atom. The van der Waals surface area contributed by atoms with Crippen molar-refractivity contribution in [2.75, 3.05) is 19.8 Å². The van der Waals surface area contributed by atoms with Crippen LogP contribution < -0.4 is 0 Å². The van der Waals surface area contributed by atoms with Crippen LogP contribution in [0.3, 0.4) is 0 Å². The van der Waals surface area contributed by atoms with Gasteiger partial charge in [0.2, 0.25) is 0 Å². The van der Waals surface area contributed by atoms with Crippen LogP contribution in [0.2, 0.25) is 0 Å². The van der Waals surface area contributed by atoms with Gasteiger partial charge in [-0.05, 0) is 12.8 Å². The first-order chi connectivity index (χ1) is 6.76. The topological polar surface area (TPSA) is 53.0 Å². The number of aliphatic hydroxyl groups excluding tert-OH is 2. The largest absolute Gasteiger partial charge is 0.396 e. The van der Waals surface area contributed by atoms with Crippen molar-refractivity contribution in [3.8, 4) is 0 Å². The SMILES string of the molecule is CCCO.CCCO.[CH2-]CCC1CO1.[Zr]. The van der Waals surface area contributed by atoms with E-state index in [4.69, 9.17) is 14.9 Å². The molecule has 3 nitrogen and oxygen atoms in total. The van der Waals surface area contributed by atoms with Gasteiger partial charge in [0, 0.05) is 39.4 Å². The molecule has 0 amide bonds. The fourth-order valence-corrected chi connectivity index (χ4v) is 0.462. The van der Waals surface area contributed by atoms with Gasteiger partial charge >= 0.3 is 0 Å². The summed E-state index contributed by atoms with van der Waals surface area (Å²) in [6, 6.07) is 0. The van der Waals surface area contributed by atoms with Gasteiger partial charge in [-0.15, -0.1) is 0 Å². The molecular weight excluding hydrogens is 271 g/mol. The summed E-state index contributed by atoms with van der Waals surface area (Å²) in [5.74, 6) is 0. The van der Waals surface area contributed by atoms with E-state index < -0.39 is 0 Å². The standard InChI is InChI=1S/C5H9O.2C3H8O.Zr/c1-2-3-5-4-6-5;2*1-2-3-4;/h5H,1-4H2;2*4H,2-3H2,1H3;/q-1;;;. The van der Waals surface area contributed by atoms with E-state index >= 15 is 0 Å². The molecule has 1 atom stereocenters. The fraction of sp³-hybridized carbons (Fsp3) is 0.909. The van der Waals surface area contributed by atoms with E-state index in [0.717, 1.165) is 32.3 Å². The number of rotatable bonds is 4.